The van der Waals surface area contributed by atoms with Gasteiger partial charge in [0.05, 0.1) is 25.9 Å². The van der Waals surface area contributed by atoms with Gasteiger partial charge in [-0.25, -0.2) is 0 Å². The van der Waals surface area contributed by atoms with Gasteiger partial charge < -0.3 is 9.47 Å². The topological polar surface area (TPSA) is 56.5 Å². The molecule has 0 saturated carbocycles. The minimum Gasteiger partial charge on any atom is -0.376 e. The van der Waals surface area contributed by atoms with Crippen molar-refractivity contribution in [3.8, 4) is 0 Å². The smallest absolute Gasteiger partial charge is 0.0975 e. The zero-order valence-corrected chi connectivity index (χ0v) is 9.87. The van der Waals surface area contributed by atoms with Crippen molar-refractivity contribution in [1.82, 2.24) is 5.43 Å². The summed E-state index contributed by atoms with van der Waals surface area (Å²) in [6.45, 7) is 6.52. The van der Waals surface area contributed by atoms with Crippen molar-refractivity contribution in [1.29, 1.82) is 0 Å². The Balaban J connectivity index is 2.32. The summed E-state index contributed by atoms with van der Waals surface area (Å²) in [7, 11) is 0. The van der Waals surface area contributed by atoms with E-state index in [4.69, 9.17) is 15.3 Å². The van der Waals surface area contributed by atoms with Gasteiger partial charge in [-0.15, -0.1) is 0 Å². The van der Waals surface area contributed by atoms with Crippen molar-refractivity contribution >= 4 is 0 Å². The Kier molecular flexibility index (Phi) is 6.17. The van der Waals surface area contributed by atoms with Crippen molar-refractivity contribution in [2.24, 2.45) is 11.8 Å². The van der Waals surface area contributed by atoms with Gasteiger partial charge in [-0.3, -0.25) is 11.3 Å². The second-order valence-electron chi connectivity index (χ2n) is 4.39. The third-order valence-corrected chi connectivity index (χ3v) is 2.94. The number of nitrogens with one attached hydrogen (secondary N) is 1. The highest BCUT2D eigenvalue weighted by molar-refractivity contribution is 4.78. The molecule has 90 valence electrons. The van der Waals surface area contributed by atoms with Gasteiger partial charge in [0.15, 0.2) is 0 Å². The van der Waals surface area contributed by atoms with Crippen LogP contribution in [0.4, 0.5) is 0 Å². The van der Waals surface area contributed by atoms with Crippen molar-refractivity contribution in [2.45, 2.75) is 45.3 Å². The van der Waals surface area contributed by atoms with Gasteiger partial charge in [0, 0.05) is 6.04 Å². The number of hydrazine groups is 1. The number of hydrogen-bond donors (Lipinski definition) is 2. The molecule has 1 heterocycles. The van der Waals surface area contributed by atoms with Crippen molar-refractivity contribution in [3.63, 3.8) is 0 Å². The van der Waals surface area contributed by atoms with Crippen molar-refractivity contribution in [2.75, 3.05) is 19.8 Å². The fourth-order valence-electron chi connectivity index (χ4n) is 2.11. The van der Waals surface area contributed by atoms with Crippen molar-refractivity contribution < 1.29 is 9.47 Å². The van der Waals surface area contributed by atoms with E-state index in [2.05, 4.69) is 19.3 Å². The fraction of sp³-hybridized carbons (Fsp3) is 1.00. The van der Waals surface area contributed by atoms with Crippen LogP contribution in [0.3, 0.4) is 0 Å². The van der Waals surface area contributed by atoms with Gasteiger partial charge in [-0.1, -0.05) is 26.7 Å². The Hall–Kier alpha value is -0.160. The molecule has 1 rings (SSSR count). The molecule has 0 bridgehead atoms. The summed E-state index contributed by atoms with van der Waals surface area (Å²) in [5.41, 5.74) is 2.86. The van der Waals surface area contributed by atoms with E-state index in [1.165, 1.54) is 12.8 Å². The lowest BCUT2D eigenvalue weighted by Gasteiger charge is -2.31. The first-order valence-electron chi connectivity index (χ1n) is 5.93. The minimum absolute atomic E-state index is 0.114. The Morgan fingerprint density at radius 2 is 2.27 bits per heavy atom. The lowest BCUT2D eigenvalue weighted by molar-refractivity contribution is -0.104. The quantitative estimate of drug-likeness (QED) is 0.515. The second kappa shape index (κ2) is 7.17. The van der Waals surface area contributed by atoms with Crippen molar-refractivity contribution in [3.05, 3.63) is 0 Å². The maximum atomic E-state index is 5.64. The maximum Gasteiger partial charge on any atom is 0.0975 e. The fourth-order valence-corrected chi connectivity index (χ4v) is 2.11. The summed E-state index contributed by atoms with van der Waals surface area (Å²) in [5.74, 6) is 6.24. The molecule has 1 saturated heterocycles. The molecule has 0 aromatic heterocycles. The molecule has 0 amide bonds. The molecular formula is C11H24N2O2. The Labute approximate surface area is 92.5 Å². The van der Waals surface area contributed by atoms with Crippen LogP contribution in [0, 0.1) is 5.92 Å². The molecule has 0 aromatic carbocycles. The van der Waals surface area contributed by atoms with Crippen LogP contribution in [-0.4, -0.2) is 32.0 Å². The van der Waals surface area contributed by atoms with E-state index >= 15 is 0 Å². The highest BCUT2D eigenvalue weighted by Crippen LogP contribution is 2.17. The van der Waals surface area contributed by atoms with E-state index in [0.29, 0.717) is 25.7 Å². The number of hydrogen-bond acceptors (Lipinski definition) is 4. The lowest BCUT2D eigenvalue weighted by Crippen LogP contribution is -2.50. The highest BCUT2D eigenvalue weighted by atomic mass is 16.6. The normalized spacial score (nSPS) is 26.2. The van der Waals surface area contributed by atoms with E-state index in [-0.39, 0.29) is 12.1 Å². The molecule has 1 aliphatic rings. The van der Waals surface area contributed by atoms with Crippen LogP contribution in [0.1, 0.15) is 33.1 Å². The predicted molar refractivity (Wildman–Crippen MR) is 60.4 cm³/mol. The third kappa shape index (κ3) is 4.47. The molecule has 3 unspecified atom stereocenters. The summed E-state index contributed by atoms with van der Waals surface area (Å²) in [6, 6.07) is 0.215. The van der Waals surface area contributed by atoms with E-state index in [1.54, 1.807) is 0 Å². The third-order valence-electron chi connectivity index (χ3n) is 2.94. The van der Waals surface area contributed by atoms with E-state index in [9.17, 15) is 0 Å². The zero-order chi connectivity index (χ0) is 11.1. The maximum absolute atomic E-state index is 5.64. The lowest BCUT2D eigenvalue weighted by atomic mass is 9.94. The molecule has 15 heavy (non-hydrogen) atoms. The summed E-state index contributed by atoms with van der Waals surface area (Å²) in [6.07, 6.45) is 3.63. The van der Waals surface area contributed by atoms with Gasteiger partial charge in [0.1, 0.15) is 0 Å². The van der Waals surface area contributed by atoms with Gasteiger partial charge in [0.25, 0.3) is 0 Å². The largest absolute Gasteiger partial charge is 0.376 e. The highest BCUT2D eigenvalue weighted by Gasteiger charge is 2.25. The van der Waals surface area contributed by atoms with Crippen LogP contribution >= 0.6 is 0 Å². The van der Waals surface area contributed by atoms with Gasteiger partial charge >= 0.3 is 0 Å². The Bertz CT molecular complexity index is 161. The van der Waals surface area contributed by atoms with E-state index in [0.717, 1.165) is 6.42 Å². The molecule has 3 N–H and O–H groups in total. The molecule has 4 heteroatoms. The predicted octanol–water partition coefficient (Wildman–Crippen LogP) is 1.06. The minimum atomic E-state index is 0.114. The molecule has 4 nitrogen and oxygen atoms in total. The molecule has 1 fully saturated rings. The Morgan fingerprint density at radius 3 is 2.80 bits per heavy atom. The first kappa shape index (κ1) is 12.9. The average molecular weight is 216 g/mol. The average Bonchev–Trinajstić information content (AvgIpc) is 2.27. The second-order valence-corrected chi connectivity index (χ2v) is 4.39. The van der Waals surface area contributed by atoms with E-state index in [1.807, 2.05) is 0 Å². The summed E-state index contributed by atoms with van der Waals surface area (Å²) < 4.78 is 11.0. The van der Waals surface area contributed by atoms with Crippen LogP contribution in [0.25, 0.3) is 0 Å². The molecule has 0 aliphatic carbocycles. The van der Waals surface area contributed by atoms with Crippen LogP contribution in [0.5, 0.6) is 0 Å². The van der Waals surface area contributed by atoms with Crippen LogP contribution in [-0.2, 0) is 9.47 Å². The van der Waals surface area contributed by atoms with E-state index < -0.39 is 0 Å². The summed E-state index contributed by atoms with van der Waals surface area (Å²) >= 11 is 0. The molecule has 0 spiro atoms. The number of ether oxygens (including phenoxy) is 2. The van der Waals surface area contributed by atoms with Gasteiger partial charge in [0.2, 0.25) is 0 Å². The molecule has 1 aliphatic heterocycles. The molecule has 0 radical (unpaired) electrons. The van der Waals surface area contributed by atoms with Crippen LogP contribution < -0.4 is 11.3 Å². The van der Waals surface area contributed by atoms with Gasteiger partial charge in [-0.2, -0.15) is 0 Å². The van der Waals surface area contributed by atoms with Crippen LogP contribution in [0.2, 0.25) is 0 Å². The zero-order valence-electron chi connectivity index (χ0n) is 9.87. The molecule has 3 atom stereocenters. The summed E-state index contributed by atoms with van der Waals surface area (Å²) in [5, 5.41) is 0. The molecule has 0 aromatic rings. The SMILES string of the molecule is CCCC(C)CC(NN)C1COCCO1. The standard InChI is InChI=1S/C11H24N2O2/c1-3-4-9(2)7-10(13-12)11-8-14-5-6-15-11/h9-11,13H,3-8,12H2,1-2H3. The first-order valence-corrected chi connectivity index (χ1v) is 5.93. The van der Waals surface area contributed by atoms with Gasteiger partial charge in [-0.05, 0) is 12.3 Å². The summed E-state index contributed by atoms with van der Waals surface area (Å²) in [4.78, 5) is 0. The Morgan fingerprint density at radius 1 is 1.47 bits per heavy atom. The number of rotatable bonds is 6. The monoisotopic (exact) mass is 216 g/mol. The number of nitrogens with two attached hydrogens (primary N) is 1. The van der Waals surface area contributed by atoms with Crippen LogP contribution in [0.15, 0.2) is 0 Å². The molecular weight excluding hydrogens is 192 g/mol. The first-order chi connectivity index (χ1) is 7.27.